The molecule has 0 atom stereocenters. The highest BCUT2D eigenvalue weighted by Crippen LogP contribution is 2.30. The number of halogens is 4. The molecular formula is C13H6Br2ClFN2S. The molecule has 0 spiro atoms. The normalized spacial score (nSPS) is 11.2. The van der Waals surface area contributed by atoms with Crippen molar-refractivity contribution in [3.05, 3.63) is 54.9 Å². The Morgan fingerprint density at radius 1 is 1.20 bits per heavy atom. The van der Waals surface area contributed by atoms with Crippen molar-refractivity contribution in [1.82, 2.24) is 9.55 Å². The average Bonchev–Trinajstić information content (AvgIpc) is 2.66. The van der Waals surface area contributed by atoms with Crippen molar-refractivity contribution >= 4 is 66.7 Å². The third-order valence-electron chi connectivity index (χ3n) is 2.87. The molecule has 20 heavy (non-hydrogen) atoms. The number of rotatable bonds is 1. The SMILES string of the molecule is Fc1cc2c(cc1Br)[nH]c(=S)n2-c1ccc(Br)cc1Cl. The fourth-order valence-electron chi connectivity index (χ4n) is 2.00. The third-order valence-corrected chi connectivity index (χ3v) is 4.56. The van der Waals surface area contributed by atoms with Gasteiger partial charge in [0.2, 0.25) is 0 Å². The molecule has 0 aliphatic heterocycles. The van der Waals surface area contributed by atoms with Crippen LogP contribution in [0.15, 0.2) is 39.3 Å². The van der Waals surface area contributed by atoms with E-state index in [9.17, 15) is 4.39 Å². The Morgan fingerprint density at radius 2 is 1.95 bits per heavy atom. The number of benzene rings is 2. The lowest BCUT2D eigenvalue weighted by molar-refractivity contribution is 0.622. The summed E-state index contributed by atoms with van der Waals surface area (Å²) in [6.45, 7) is 0. The van der Waals surface area contributed by atoms with Crippen molar-refractivity contribution in [1.29, 1.82) is 0 Å². The van der Waals surface area contributed by atoms with E-state index in [0.717, 1.165) is 9.99 Å². The van der Waals surface area contributed by atoms with E-state index in [1.54, 1.807) is 16.7 Å². The lowest BCUT2D eigenvalue weighted by atomic mass is 10.2. The maximum Gasteiger partial charge on any atom is 0.182 e. The van der Waals surface area contributed by atoms with Gasteiger partial charge in [-0.2, -0.15) is 0 Å². The first-order chi connectivity index (χ1) is 9.47. The van der Waals surface area contributed by atoms with Crippen LogP contribution in [0.3, 0.4) is 0 Å². The van der Waals surface area contributed by atoms with Crippen LogP contribution >= 0.6 is 55.7 Å². The molecule has 3 rings (SSSR count). The van der Waals surface area contributed by atoms with Gasteiger partial charge < -0.3 is 4.98 Å². The second-order valence-electron chi connectivity index (χ2n) is 4.14. The maximum absolute atomic E-state index is 13.8. The van der Waals surface area contributed by atoms with Crippen LogP contribution in [-0.2, 0) is 0 Å². The molecule has 102 valence electrons. The molecule has 3 aromatic rings. The van der Waals surface area contributed by atoms with Crippen molar-refractivity contribution < 1.29 is 4.39 Å². The smallest absolute Gasteiger partial charge is 0.182 e. The van der Waals surface area contributed by atoms with Crippen LogP contribution in [0, 0.1) is 10.6 Å². The first-order valence-corrected chi connectivity index (χ1v) is 7.90. The van der Waals surface area contributed by atoms with Gasteiger partial charge in [-0.1, -0.05) is 27.5 Å². The molecule has 0 saturated carbocycles. The summed E-state index contributed by atoms with van der Waals surface area (Å²) in [6, 6.07) is 8.53. The fourth-order valence-corrected chi connectivity index (χ4v) is 3.41. The Balaban J connectivity index is 2.39. The van der Waals surface area contributed by atoms with Crippen molar-refractivity contribution in [2.75, 3.05) is 0 Å². The Bertz CT molecular complexity index is 888. The molecule has 0 radical (unpaired) electrons. The van der Waals surface area contributed by atoms with Crippen LogP contribution in [0.4, 0.5) is 4.39 Å². The highest BCUT2D eigenvalue weighted by atomic mass is 79.9. The average molecular weight is 437 g/mol. The van der Waals surface area contributed by atoms with E-state index in [0.29, 0.717) is 25.5 Å². The predicted octanol–water partition coefficient (Wildman–Crippen LogP) is 6.01. The minimum absolute atomic E-state index is 0.353. The molecule has 0 fully saturated rings. The first-order valence-electron chi connectivity index (χ1n) is 5.52. The second-order valence-corrected chi connectivity index (χ2v) is 6.71. The molecule has 7 heteroatoms. The van der Waals surface area contributed by atoms with Crippen LogP contribution in [0.2, 0.25) is 5.02 Å². The molecule has 0 aliphatic rings. The van der Waals surface area contributed by atoms with Crippen molar-refractivity contribution in [2.45, 2.75) is 0 Å². The highest BCUT2D eigenvalue weighted by Gasteiger charge is 2.12. The molecule has 0 bridgehead atoms. The number of hydrogen-bond acceptors (Lipinski definition) is 1. The summed E-state index contributed by atoms with van der Waals surface area (Å²) in [6.07, 6.45) is 0. The standard InChI is InChI=1S/C13H6Br2ClFN2S/c14-6-1-2-11(8(16)3-6)19-12-5-9(17)7(15)4-10(12)18-13(19)20/h1-5H,(H,18,20). The summed E-state index contributed by atoms with van der Waals surface area (Å²) in [7, 11) is 0. The van der Waals surface area contributed by atoms with Crippen molar-refractivity contribution in [3.63, 3.8) is 0 Å². The molecule has 0 unspecified atom stereocenters. The number of imidazole rings is 1. The van der Waals surface area contributed by atoms with E-state index in [1.165, 1.54) is 6.07 Å². The molecule has 2 nitrogen and oxygen atoms in total. The summed E-state index contributed by atoms with van der Waals surface area (Å²) >= 11 is 18.1. The van der Waals surface area contributed by atoms with Gasteiger partial charge in [-0.25, -0.2) is 4.39 Å². The van der Waals surface area contributed by atoms with Gasteiger partial charge in [-0.15, -0.1) is 0 Å². The molecular weight excluding hydrogens is 430 g/mol. The summed E-state index contributed by atoms with van der Waals surface area (Å²) in [5, 5.41) is 0.528. The zero-order valence-corrected chi connectivity index (χ0v) is 14.5. The summed E-state index contributed by atoms with van der Waals surface area (Å²) in [5.74, 6) is -0.353. The molecule has 1 N–H and O–H groups in total. The Hall–Kier alpha value is -0.690. The number of H-pyrrole nitrogens is 1. The molecule has 1 heterocycles. The van der Waals surface area contributed by atoms with Gasteiger partial charge in [-0.05, 0) is 52.4 Å². The number of aromatic nitrogens is 2. The minimum Gasteiger partial charge on any atom is -0.330 e. The summed E-state index contributed by atoms with van der Waals surface area (Å²) < 4.78 is 17.2. The highest BCUT2D eigenvalue weighted by molar-refractivity contribution is 9.10. The third kappa shape index (κ3) is 2.35. The van der Waals surface area contributed by atoms with Gasteiger partial charge >= 0.3 is 0 Å². The zero-order valence-electron chi connectivity index (χ0n) is 9.75. The molecule has 0 amide bonds. The predicted molar refractivity (Wildman–Crippen MR) is 88.8 cm³/mol. The number of hydrogen-bond donors (Lipinski definition) is 1. The van der Waals surface area contributed by atoms with Crippen molar-refractivity contribution in [3.8, 4) is 5.69 Å². The quantitative estimate of drug-likeness (QED) is 0.464. The molecule has 2 aromatic carbocycles. The first kappa shape index (κ1) is 14.3. The van der Waals surface area contributed by atoms with E-state index >= 15 is 0 Å². The lowest BCUT2D eigenvalue weighted by Crippen LogP contribution is -1.95. The van der Waals surface area contributed by atoms with Crippen LogP contribution in [0.1, 0.15) is 0 Å². The van der Waals surface area contributed by atoms with Gasteiger partial charge in [0.1, 0.15) is 5.82 Å². The van der Waals surface area contributed by atoms with Gasteiger partial charge in [-0.3, -0.25) is 4.57 Å². The van der Waals surface area contributed by atoms with Crippen LogP contribution in [0.5, 0.6) is 0 Å². The Labute approximate surface area is 140 Å². The fraction of sp³-hybridized carbons (Fsp3) is 0. The van der Waals surface area contributed by atoms with E-state index in [4.69, 9.17) is 23.8 Å². The second kappa shape index (κ2) is 5.26. The Morgan fingerprint density at radius 3 is 2.65 bits per heavy atom. The zero-order chi connectivity index (χ0) is 14.4. The topological polar surface area (TPSA) is 20.7 Å². The number of aromatic amines is 1. The number of fused-ring (bicyclic) bond motifs is 1. The van der Waals surface area contributed by atoms with Crippen LogP contribution < -0.4 is 0 Å². The van der Waals surface area contributed by atoms with Crippen LogP contribution in [-0.4, -0.2) is 9.55 Å². The number of nitrogens with zero attached hydrogens (tertiary/aromatic N) is 1. The van der Waals surface area contributed by atoms with E-state index < -0.39 is 0 Å². The van der Waals surface area contributed by atoms with E-state index in [-0.39, 0.29) is 5.82 Å². The van der Waals surface area contributed by atoms with Gasteiger partial charge in [0, 0.05) is 10.5 Å². The Kier molecular flexibility index (Phi) is 3.75. The lowest BCUT2D eigenvalue weighted by Gasteiger charge is -2.07. The van der Waals surface area contributed by atoms with Gasteiger partial charge in [0.15, 0.2) is 4.77 Å². The monoisotopic (exact) mass is 434 g/mol. The summed E-state index contributed by atoms with van der Waals surface area (Å²) in [4.78, 5) is 3.05. The van der Waals surface area contributed by atoms with Gasteiger partial charge in [0.05, 0.1) is 26.2 Å². The van der Waals surface area contributed by atoms with Crippen molar-refractivity contribution in [2.24, 2.45) is 0 Å². The van der Waals surface area contributed by atoms with E-state index in [2.05, 4.69) is 36.8 Å². The van der Waals surface area contributed by atoms with Crippen LogP contribution in [0.25, 0.3) is 16.7 Å². The molecule has 1 aromatic heterocycles. The summed E-state index contributed by atoms with van der Waals surface area (Å²) in [5.41, 5.74) is 2.08. The number of nitrogens with one attached hydrogen (secondary N) is 1. The molecule has 0 aliphatic carbocycles. The minimum atomic E-state index is -0.353. The largest absolute Gasteiger partial charge is 0.330 e. The van der Waals surface area contributed by atoms with E-state index in [1.807, 2.05) is 12.1 Å². The maximum atomic E-state index is 13.8. The molecule has 0 saturated heterocycles. The van der Waals surface area contributed by atoms with Gasteiger partial charge in [0.25, 0.3) is 0 Å².